The molecule has 16 heteroatoms. The zero-order valence-electron chi connectivity index (χ0n) is 25.5. The van der Waals surface area contributed by atoms with Crippen LogP contribution in [0.15, 0.2) is 0 Å². The molecule has 8 saturated heterocycles. The first kappa shape index (κ1) is 32.9. The van der Waals surface area contributed by atoms with Crippen LogP contribution in [0.4, 0.5) is 0 Å². The molecule has 0 radical (unpaired) electrons. The highest BCUT2D eigenvalue weighted by Crippen LogP contribution is 2.31. The zero-order valence-corrected chi connectivity index (χ0v) is 25.5. The highest BCUT2D eigenvalue weighted by atomic mass is 16.4. The minimum atomic E-state index is -0.970. The van der Waals surface area contributed by atoms with Crippen LogP contribution in [0.2, 0.25) is 0 Å². The third-order valence-corrected chi connectivity index (χ3v) is 9.60. The van der Waals surface area contributed by atoms with Gasteiger partial charge in [0.15, 0.2) is 0 Å². The number of carboxylic acids is 4. The summed E-state index contributed by atoms with van der Waals surface area (Å²) in [4.78, 5) is 62.2. The predicted molar refractivity (Wildman–Crippen MR) is 155 cm³/mol. The molecule has 8 heterocycles. The Hall–Kier alpha value is -2.44. The van der Waals surface area contributed by atoms with Crippen molar-refractivity contribution in [1.29, 1.82) is 0 Å². The summed E-state index contributed by atoms with van der Waals surface area (Å²) >= 11 is 0. The number of nitrogens with zero attached hydrogens (tertiary/aromatic N) is 8. The molecule has 4 N–H and O–H groups in total. The van der Waals surface area contributed by atoms with E-state index in [0.29, 0.717) is 25.7 Å². The van der Waals surface area contributed by atoms with Crippen LogP contribution in [0.25, 0.3) is 0 Å². The van der Waals surface area contributed by atoms with Gasteiger partial charge in [-0.15, -0.1) is 0 Å². The van der Waals surface area contributed by atoms with E-state index in [1.54, 1.807) is 0 Å². The number of hydrogen-bond acceptors (Lipinski definition) is 12. The molecule has 2 aliphatic carbocycles. The van der Waals surface area contributed by atoms with Gasteiger partial charge in [0.05, 0.1) is 104 Å². The molecule has 8 bridgehead atoms. The van der Waals surface area contributed by atoms with Crippen molar-refractivity contribution in [3.63, 3.8) is 0 Å². The van der Waals surface area contributed by atoms with E-state index in [1.807, 2.05) is 0 Å². The summed E-state index contributed by atoms with van der Waals surface area (Å²) in [7, 11) is 0. The van der Waals surface area contributed by atoms with Gasteiger partial charge in [0, 0.05) is 0 Å². The van der Waals surface area contributed by atoms with Crippen LogP contribution in [0.3, 0.4) is 0 Å². The zero-order chi connectivity index (χ0) is 31.4. The van der Waals surface area contributed by atoms with Crippen molar-refractivity contribution < 1.29 is 39.6 Å². The summed E-state index contributed by atoms with van der Waals surface area (Å²) in [5.41, 5.74) is 0. The summed E-state index contributed by atoms with van der Waals surface area (Å²) in [6.07, 6.45) is 5.36. The van der Waals surface area contributed by atoms with Crippen LogP contribution in [0.1, 0.15) is 51.4 Å². The van der Waals surface area contributed by atoms with Gasteiger partial charge in [0.25, 0.3) is 0 Å². The molecule has 2 saturated carbocycles. The predicted octanol–water partition coefficient (Wildman–Crippen LogP) is -0.116. The monoisotopic (exact) mass is 624 g/mol. The van der Waals surface area contributed by atoms with Crippen molar-refractivity contribution >= 4 is 23.9 Å². The lowest BCUT2D eigenvalue weighted by Gasteiger charge is -2.56. The maximum atomic E-state index is 10.6. The Kier molecular flexibility index (Phi) is 11.1. The molecule has 0 aromatic rings. The lowest BCUT2D eigenvalue weighted by Crippen LogP contribution is -2.71. The standard InChI is InChI=1S/2C8H12O4.2C6H12N4/c2*9-7(10)5-3-1-2-4-6(5)8(11)12;2*1-7-2-9-4-8(1)5-10(3-7)6-9/h2*5-6H,1-4H2,(H,9,10)(H,11,12);2*1-6H2/t2*5-,6-;;/m00../s1. The molecule has 16 nitrogen and oxygen atoms in total. The highest BCUT2D eigenvalue weighted by Gasteiger charge is 2.38. The minimum Gasteiger partial charge on any atom is -0.481 e. The van der Waals surface area contributed by atoms with E-state index in [9.17, 15) is 19.2 Å². The Bertz CT molecular complexity index is 812. The molecule has 0 aromatic heterocycles. The molecule has 10 rings (SSSR count). The number of hydrogen-bond donors (Lipinski definition) is 4. The van der Waals surface area contributed by atoms with Gasteiger partial charge in [-0.2, -0.15) is 0 Å². The molecule has 0 spiro atoms. The lowest BCUT2D eigenvalue weighted by molar-refractivity contribution is -0.194. The van der Waals surface area contributed by atoms with Crippen LogP contribution in [0, 0.1) is 23.7 Å². The van der Waals surface area contributed by atoms with Gasteiger partial charge < -0.3 is 20.4 Å². The maximum Gasteiger partial charge on any atom is 0.307 e. The van der Waals surface area contributed by atoms with Crippen molar-refractivity contribution in [3.05, 3.63) is 0 Å². The number of carboxylic acid groups (broad SMARTS) is 4. The smallest absolute Gasteiger partial charge is 0.307 e. The number of carbonyl (C=O) groups is 4. The van der Waals surface area contributed by atoms with E-state index in [2.05, 4.69) is 39.2 Å². The number of rotatable bonds is 4. The fraction of sp³-hybridized carbons (Fsp3) is 0.857. The van der Waals surface area contributed by atoms with Crippen molar-refractivity contribution in [2.75, 3.05) is 80.0 Å². The van der Waals surface area contributed by atoms with Crippen molar-refractivity contribution in [2.45, 2.75) is 51.4 Å². The van der Waals surface area contributed by atoms with E-state index >= 15 is 0 Å². The van der Waals surface area contributed by atoms with Crippen LogP contribution in [-0.4, -0.2) is 164 Å². The van der Waals surface area contributed by atoms with Gasteiger partial charge in [-0.05, 0) is 25.7 Å². The second-order valence-corrected chi connectivity index (χ2v) is 13.4. The maximum absolute atomic E-state index is 10.6. The van der Waals surface area contributed by atoms with Gasteiger partial charge >= 0.3 is 23.9 Å². The van der Waals surface area contributed by atoms with Crippen LogP contribution in [0.5, 0.6) is 0 Å². The average Bonchev–Trinajstić information content (AvgIpc) is 2.97. The highest BCUT2D eigenvalue weighted by molar-refractivity contribution is 5.80. The molecule has 0 unspecified atom stereocenters. The van der Waals surface area contributed by atoms with E-state index < -0.39 is 47.5 Å². The Balaban J connectivity index is 0.000000116. The van der Waals surface area contributed by atoms with Gasteiger partial charge in [-0.25, -0.2) is 0 Å². The topological polar surface area (TPSA) is 175 Å². The molecule has 4 atom stereocenters. The molecule has 0 aromatic carbocycles. The Morgan fingerprint density at radius 3 is 0.568 bits per heavy atom. The van der Waals surface area contributed by atoms with E-state index in [4.69, 9.17) is 20.4 Å². The van der Waals surface area contributed by atoms with Crippen molar-refractivity contribution in [1.82, 2.24) is 39.2 Å². The SMILES string of the molecule is C1N2CN3CN1CN(C2)C3.C1N2CN3CN1CN(C2)C3.O=C(O)[C@H]1CCCC[C@@H]1C(=O)O.O=C(O)[C@H]1CCCC[C@@H]1C(=O)O. The molecule has 10 fully saturated rings. The second-order valence-electron chi connectivity index (χ2n) is 13.4. The average molecular weight is 625 g/mol. The first-order valence-corrected chi connectivity index (χ1v) is 15.8. The quantitative estimate of drug-likeness (QED) is 0.326. The lowest BCUT2D eigenvalue weighted by atomic mass is 9.79. The summed E-state index contributed by atoms with van der Waals surface area (Å²) < 4.78 is 0. The molecule has 248 valence electrons. The van der Waals surface area contributed by atoms with Gasteiger partial charge in [0.2, 0.25) is 0 Å². The summed E-state index contributed by atoms with van der Waals surface area (Å²) in [6.45, 7) is 14.2. The van der Waals surface area contributed by atoms with Gasteiger partial charge in [0.1, 0.15) is 0 Å². The van der Waals surface area contributed by atoms with Crippen LogP contribution >= 0.6 is 0 Å². The van der Waals surface area contributed by atoms with Crippen LogP contribution < -0.4 is 0 Å². The van der Waals surface area contributed by atoms with Gasteiger partial charge in [-0.3, -0.25) is 58.4 Å². The first-order chi connectivity index (χ1) is 21.0. The number of aliphatic carboxylic acids is 4. The summed E-state index contributed by atoms with van der Waals surface area (Å²) in [5.74, 6) is -6.56. The summed E-state index contributed by atoms with van der Waals surface area (Å²) in [6, 6.07) is 0. The second kappa shape index (κ2) is 14.8. The fourth-order valence-electron chi connectivity index (χ4n) is 7.91. The molecular formula is C28H48N8O8. The van der Waals surface area contributed by atoms with Crippen LogP contribution in [-0.2, 0) is 19.2 Å². The third-order valence-electron chi connectivity index (χ3n) is 9.60. The molecule has 0 amide bonds. The van der Waals surface area contributed by atoms with Crippen molar-refractivity contribution in [2.24, 2.45) is 23.7 Å². The third kappa shape index (κ3) is 8.42. The molecule has 10 aliphatic rings. The Morgan fingerprint density at radius 1 is 0.318 bits per heavy atom. The molecular weight excluding hydrogens is 576 g/mol. The first-order valence-electron chi connectivity index (χ1n) is 15.8. The van der Waals surface area contributed by atoms with E-state index in [1.165, 1.54) is 80.0 Å². The largest absolute Gasteiger partial charge is 0.481 e. The molecule has 8 aliphatic heterocycles. The van der Waals surface area contributed by atoms with Gasteiger partial charge in [-0.1, -0.05) is 25.7 Å². The molecule has 44 heavy (non-hydrogen) atoms. The minimum absolute atomic E-state index is 0.506. The van der Waals surface area contributed by atoms with E-state index in [0.717, 1.165) is 25.7 Å². The normalized spacial score (nSPS) is 42.4. The van der Waals surface area contributed by atoms with E-state index in [-0.39, 0.29) is 0 Å². The van der Waals surface area contributed by atoms with Crippen molar-refractivity contribution in [3.8, 4) is 0 Å². The Morgan fingerprint density at radius 2 is 0.455 bits per heavy atom. The fourth-order valence-corrected chi connectivity index (χ4v) is 7.91. The Labute approximate surface area is 257 Å². The summed E-state index contributed by atoms with van der Waals surface area (Å²) in [5, 5.41) is 34.8.